The van der Waals surface area contributed by atoms with Gasteiger partial charge in [-0.25, -0.2) is 4.39 Å². The van der Waals surface area contributed by atoms with Crippen LogP contribution in [0, 0.1) is 0 Å². The second kappa shape index (κ2) is 6.40. The van der Waals surface area contributed by atoms with Crippen molar-refractivity contribution in [3.63, 3.8) is 0 Å². The van der Waals surface area contributed by atoms with E-state index in [1.165, 1.54) is 7.11 Å². The van der Waals surface area contributed by atoms with Crippen molar-refractivity contribution in [2.75, 3.05) is 14.2 Å². The molecule has 1 heterocycles. The molecule has 1 saturated heterocycles. The SMILES string of the molecule is CO[C@@H]1[C@H](O[Si](C)(C)C(C)(C)C)[C@H](C)OC(F)[C@H]1OC. The first-order valence-electron chi connectivity index (χ1n) is 7.08. The summed E-state index contributed by atoms with van der Waals surface area (Å²) in [5.41, 5.74) is 0. The molecule has 0 aliphatic carbocycles. The molecule has 0 aromatic rings. The molecule has 6 heteroatoms. The van der Waals surface area contributed by atoms with E-state index >= 15 is 0 Å². The molecule has 120 valence electrons. The van der Waals surface area contributed by atoms with Crippen LogP contribution in [-0.4, -0.2) is 53.3 Å². The minimum atomic E-state index is -1.99. The fourth-order valence-electron chi connectivity index (χ4n) is 2.15. The van der Waals surface area contributed by atoms with Crippen molar-refractivity contribution in [3.05, 3.63) is 0 Å². The van der Waals surface area contributed by atoms with Crippen LogP contribution in [0.15, 0.2) is 0 Å². The molecular formula is C14H29FO4Si. The Morgan fingerprint density at radius 1 is 1.00 bits per heavy atom. The average Bonchev–Trinajstić information content (AvgIpc) is 2.30. The highest BCUT2D eigenvalue weighted by Gasteiger charge is 2.50. The Morgan fingerprint density at radius 2 is 1.50 bits per heavy atom. The molecule has 1 rings (SSSR count). The maximum Gasteiger partial charge on any atom is 0.228 e. The zero-order chi connectivity index (χ0) is 15.7. The lowest BCUT2D eigenvalue weighted by Crippen LogP contribution is -2.61. The maximum absolute atomic E-state index is 13.9. The van der Waals surface area contributed by atoms with Crippen LogP contribution in [0.3, 0.4) is 0 Å². The number of methoxy groups -OCH3 is 2. The van der Waals surface area contributed by atoms with Gasteiger partial charge in [-0.15, -0.1) is 0 Å². The van der Waals surface area contributed by atoms with Crippen molar-refractivity contribution in [3.8, 4) is 0 Å². The Kier molecular flexibility index (Phi) is 5.77. The van der Waals surface area contributed by atoms with Crippen molar-refractivity contribution in [2.45, 2.75) is 76.6 Å². The van der Waals surface area contributed by atoms with Crippen molar-refractivity contribution in [1.29, 1.82) is 0 Å². The van der Waals surface area contributed by atoms with Crippen molar-refractivity contribution >= 4 is 8.32 Å². The van der Waals surface area contributed by atoms with Gasteiger partial charge in [0.25, 0.3) is 0 Å². The third-order valence-corrected chi connectivity index (χ3v) is 8.97. The van der Waals surface area contributed by atoms with E-state index < -0.39 is 26.9 Å². The molecule has 0 spiro atoms. The second-order valence-electron chi connectivity index (χ2n) is 6.94. The minimum Gasteiger partial charge on any atom is -0.409 e. The summed E-state index contributed by atoms with van der Waals surface area (Å²) in [6.45, 7) is 12.7. The highest BCUT2D eigenvalue weighted by atomic mass is 28.4. The van der Waals surface area contributed by atoms with E-state index in [0.29, 0.717) is 0 Å². The van der Waals surface area contributed by atoms with Gasteiger partial charge in [-0.05, 0) is 25.1 Å². The van der Waals surface area contributed by atoms with E-state index in [9.17, 15) is 4.39 Å². The summed E-state index contributed by atoms with van der Waals surface area (Å²) >= 11 is 0. The number of alkyl halides is 1. The van der Waals surface area contributed by atoms with E-state index in [2.05, 4.69) is 33.9 Å². The van der Waals surface area contributed by atoms with Crippen molar-refractivity contribution in [1.82, 2.24) is 0 Å². The van der Waals surface area contributed by atoms with Crippen LogP contribution < -0.4 is 0 Å². The quantitative estimate of drug-likeness (QED) is 0.748. The summed E-state index contributed by atoms with van der Waals surface area (Å²) < 4.78 is 36.3. The summed E-state index contributed by atoms with van der Waals surface area (Å²) in [6.07, 6.45) is -3.40. The molecule has 1 aliphatic heterocycles. The van der Waals surface area contributed by atoms with Gasteiger partial charge in [0.15, 0.2) is 8.32 Å². The highest BCUT2D eigenvalue weighted by molar-refractivity contribution is 6.74. The lowest BCUT2D eigenvalue weighted by atomic mass is 10.0. The number of halogens is 1. The summed E-state index contributed by atoms with van der Waals surface area (Å²) in [7, 11) is 1.03. The van der Waals surface area contributed by atoms with Crippen molar-refractivity contribution in [2.24, 2.45) is 0 Å². The number of hydrogen-bond acceptors (Lipinski definition) is 4. The Hall–Kier alpha value is -0.0131. The first kappa shape index (κ1) is 18.0. The monoisotopic (exact) mass is 308 g/mol. The lowest BCUT2D eigenvalue weighted by molar-refractivity contribution is -0.261. The molecule has 0 saturated carbocycles. The molecule has 0 N–H and O–H groups in total. The zero-order valence-electron chi connectivity index (χ0n) is 13.9. The third-order valence-electron chi connectivity index (χ3n) is 4.49. The predicted molar refractivity (Wildman–Crippen MR) is 79.1 cm³/mol. The molecule has 0 bridgehead atoms. The predicted octanol–water partition coefficient (Wildman–Crippen LogP) is 3.12. The molecule has 0 aromatic heterocycles. The largest absolute Gasteiger partial charge is 0.409 e. The van der Waals surface area contributed by atoms with Crippen LogP contribution in [0.1, 0.15) is 27.7 Å². The first-order chi connectivity index (χ1) is 9.05. The fourth-order valence-corrected chi connectivity index (χ4v) is 3.51. The normalized spacial score (nSPS) is 36.1. The van der Waals surface area contributed by atoms with Gasteiger partial charge in [0, 0.05) is 14.2 Å². The zero-order valence-corrected chi connectivity index (χ0v) is 14.9. The van der Waals surface area contributed by atoms with Gasteiger partial charge in [0.2, 0.25) is 6.36 Å². The van der Waals surface area contributed by atoms with E-state index in [1.807, 2.05) is 6.92 Å². The van der Waals surface area contributed by atoms with Crippen LogP contribution in [0.2, 0.25) is 18.1 Å². The van der Waals surface area contributed by atoms with Gasteiger partial charge < -0.3 is 18.6 Å². The van der Waals surface area contributed by atoms with E-state index in [1.54, 1.807) is 7.11 Å². The van der Waals surface area contributed by atoms with Gasteiger partial charge in [0.1, 0.15) is 12.2 Å². The van der Waals surface area contributed by atoms with Gasteiger partial charge in [-0.1, -0.05) is 20.8 Å². The Balaban J connectivity index is 2.96. The molecule has 20 heavy (non-hydrogen) atoms. The smallest absolute Gasteiger partial charge is 0.228 e. The van der Waals surface area contributed by atoms with Crippen LogP contribution >= 0.6 is 0 Å². The number of ether oxygens (including phenoxy) is 3. The van der Waals surface area contributed by atoms with Gasteiger partial charge >= 0.3 is 0 Å². The number of rotatable bonds is 4. The Bertz CT molecular complexity index is 319. The van der Waals surface area contributed by atoms with Crippen LogP contribution in [0.5, 0.6) is 0 Å². The van der Waals surface area contributed by atoms with E-state index in [0.717, 1.165) is 0 Å². The standard InChI is InChI=1S/C14H29FO4Si/c1-9-10(19-20(7,8)14(2,3)4)11(16-5)12(17-6)13(15)18-9/h9-13H,1-8H3/t9-,10+,11+,12-,13?/m0/s1. The molecule has 4 nitrogen and oxygen atoms in total. The molecule has 1 aliphatic rings. The molecule has 0 aromatic carbocycles. The lowest BCUT2D eigenvalue weighted by Gasteiger charge is -2.47. The highest BCUT2D eigenvalue weighted by Crippen LogP contribution is 2.40. The molecule has 1 fully saturated rings. The second-order valence-corrected chi connectivity index (χ2v) is 11.7. The Morgan fingerprint density at radius 3 is 1.90 bits per heavy atom. The summed E-state index contributed by atoms with van der Waals surface area (Å²) in [4.78, 5) is 0. The van der Waals surface area contributed by atoms with Gasteiger partial charge in [-0.3, -0.25) is 0 Å². The molecule has 0 amide bonds. The van der Waals surface area contributed by atoms with Gasteiger partial charge in [-0.2, -0.15) is 0 Å². The van der Waals surface area contributed by atoms with Crippen LogP contribution in [-0.2, 0) is 18.6 Å². The van der Waals surface area contributed by atoms with Crippen molar-refractivity contribution < 1.29 is 23.0 Å². The number of hydrogen-bond donors (Lipinski definition) is 0. The van der Waals surface area contributed by atoms with E-state index in [-0.39, 0.29) is 17.2 Å². The topological polar surface area (TPSA) is 36.9 Å². The first-order valence-corrected chi connectivity index (χ1v) is 9.99. The minimum absolute atomic E-state index is 0.0696. The summed E-state index contributed by atoms with van der Waals surface area (Å²) in [6, 6.07) is 0. The maximum atomic E-state index is 13.9. The van der Waals surface area contributed by atoms with Gasteiger partial charge in [0.05, 0.1) is 12.2 Å². The van der Waals surface area contributed by atoms with E-state index in [4.69, 9.17) is 18.6 Å². The summed E-state index contributed by atoms with van der Waals surface area (Å²) in [5.74, 6) is 0. The molecule has 1 unspecified atom stereocenters. The average molecular weight is 308 g/mol. The van der Waals surface area contributed by atoms with Crippen LogP contribution in [0.25, 0.3) is 0 Å². The van der Waals surface area contributed by atoms with Crippen LogP contribution in [0.4, 0.5) is 4.39 Å². The molecule has 0 radical (unpaired) electrons. The Labute approximate surface area is 123 Å². The summed E-state index contributed by atoms with van der Waals surface area (Å²) in [5, 5.41) is 0.0696. The molecule has 5 atom stereocenters. The fraction of sp³-hybridized carbons (Fsp3) is 1.00. The third kappa shape index (κ3) is 3.60. The molecular weight excluding hydrogens is 279 g/mol.